The van der Waals surface area contributed by atoms with E-state index in [1.165, 1.54) is 6.20 Å². The number of aromatic nitrogens is 2. The molecule has 1 amide bonds. The SMILES string of the molecule is CC1CC(C(=O)O)CN(C(=O)c2cnn(-c3ccc(Br)cc3)c2)C1. The Hall–Kier alpha value is -2.15. The Morgan fingerprint density at radius 3 is 2.62 bits per heavy atom. The summed E-state index contributed by atoms with van der Waals surface area (Å²) in [4.78, 5) is 25.6. The number of nitrogens with zero attached hydrogens (tertiary/aromatic N) is 3. The van der Waals surface area contributed by atoms with E-state index >= 15 is 0 Å². The molecule has 6 nitrogen and oxygen atoms in total. The number of hydrogen-bond donors (Lipinski definition) is 1. The van der Waals surface area contributed by atoms with Crippen LogP contribution in [0.25, 0.3) is 5.69 Å². The molecule has 1 aliphatic heterocycles. The molecule has 2 unspecified atom stereocenters. The van der Waals surface area contributed by atoms with Crippen LogP contribution in [0.3, 0.4) is 0 Å². The van der Waals surface area contributed by atoms with E-state index in [0.29, 0.717) is 18.5 Å². The summed E-state index contributed by atoms with van der Waals surface area (Å²) in [6.07, 6.45) is 3.82. The lowest BCUT2D eigenvalue weighted by Crippen LogP contribution is -2.45. The smallest absolute Gasteiger partial charge is 0.308 e. The Balaban J connectivity index is 1.78. The first-order chi connectivity index (χ1) is 11.4. The number of carboxylic acids is 1. The van der Waals surface area contributed by atoms with E-state index in [1.807, 2.05) is 31.2 Å². The third kappa shape index (κ3) is 3.51. The minimum atomic E-state index is -0.843. The second kappa shape index (κ2) is 6.76. The van der Waals surface area contributed by atoms with Gasteiger partial charge < -0.3 is 10.0 Å². The van der Waals surface area contributed by atoms with Crippen molar-refractivity contribution < 1.29 is 14.7 Å². The van der Waals surface area contributed by atoms with Crippen LogP contribution in [-0.2, 0) is 4.79 Å². The summed E-state index contributed by atoms with van der Waals surface area (Å²) in [7, 11) is 0. The predicted octanol–water partition coefficient (Wildman–Crippen LogP) is 2.82. The monoisotopic (exact) mass is 391 g/mol. The highest BCUT2D eigenvalue weighted by Gasteiger charge is 2.32. The van der Waals surface area contributed by atoms with Crippen molar-refractivity contribution in [3.8, 4) is 5.69 Å². The van der Waals surface area contributed by atoms with Crippen molar-refractivity contribution in [1.82, 2.24) is 14.7 Å². The summed E-state index contributed by atoms with van der Waals surface area (Å²) >= 11 is 3.38. The van der Waals surface area contributed by atoms with Crippen molar-refractivity contribution in [2.24, 2.45) is 11.8 Å². The normalized spacial score (nSPS) is 20.8. The number of benzene rings is 1. The molecule has 1 saturated heterocycles. The minimum Gasteiger partial charge on any atom is -0.481 e. The van der Waals surface area contributed by atoms with Crippen LogP contribution in [0.1, 0.15) is 23.7 Å². The molecule has 24 heavy (non-hydrogen) atoms. The first kappa shape index (κ1) is 16.7. The number of carbonyl (C=O) groups excluding carboxylic acids is 1. The maximum absolute atomic E-state index is 12.7. The summed E-state index contributed by atoms with van der Waals surface area (Å²) in [5.74, 6) is -1.34. The van der Waals surface area contributed by atoms with Crippen LogP contribution in [-0.4, -0.2) is 44.8 Å². The molecule has 1 N–H and O–H groups in total. The van der Waals surface area contributed by atoms with E-state index < -0.39 is 11.9 Å². The maximum Gasteiger partial charge on any atom is 0.308 e. The Bertz CT molecular complexity index is 757. The highest BCUT2D eigenvalue weighted by molar-refractivity contribution is 9.10. The second-order valence-electron chi connectivity index (χ2n) is 6.24. The van der Waals surface area contributed by atoms with Gasteiger partial charge in [0.2, 0.25) is 0 Å². The highest BCUT2D eigenvalue weighted by atomic mass is 79.9. The van der Waals surface area contributed by atoms with Gasteiger partial charge in [-0.25, -0.2) is 4.68 Å². The summed E-state index contributed by atoms with van der Waals surface area (Å²) in [5, 5.41) is 13.5. The number of halogens is 1. The van der Waals surface area contributed by atoms with Gasteiger partial charge >= 0.3 is 5.97 Å². The number of rotatable bonds is 3. The number of carboxylic acid groups (broad SMARTS) is 1. The molecule has 0 spiro atoms. The molecular weight excluding hydrogens is 374 g/mol. The average molecular weight is 392 g/mol. The number of aliphatic carboxylic acids is 1. The Kier molecular flexibility index (Phi) is 4.71. The third-order valence-electron chi connectivity index (χ3n) is 4.22. The van der Waals surface area contributed by atoms with Gasteiger partial charge in [0.25, 0.3) is 5.91 Å². The molecule has 0 saturated carbocycles. The summed E-state index contributed by atoms with van der Waals surface area (Å²) < 4.78 is 2.61. The van der Waals surface area contributed by atoms with Crippen LogP contribution >= 0.6 is 15.9 Å². The van der Waals surface area contributed by atoms with Gasteiger partial charge in [0.1, 0.15) is 0 Å². The fourth-order valence-electron chi connectivity index (χ4n) is 3.05. The number of hydrogen-bond acceptors (Lipinski definition) is 3. The highest BCUT2D eigenvalue weighted by Crippen LogP contribution is 2.23. The molecule has 2 heterocycles. The lowest BCUT2D eigenvalue weighted by Gasteiger charge is -2.34. The molecule has 1 fully saturated rings. The fourth-order valence-corrected chi connectivity index (χ4v) is 3.31. The van der Waals surface area contributed by atoms with Gasteiger partial charge in [0.05, 0.1) is 23.4 Å². The van der Waals surface area contributed by atoms with Gasteiger partial charge in [-0.1, -0.05) is 22.9 Å². The molecule has 1 aromatic carbocycles. The molecular formula is C17H18BrN3O3. The lowest BCUT2D eigenvalue weighted by molar-refractivity contribution is -0.143. The van der Waals surface area contributed by atoms with E-state index in [0.717, 1.165) is 10.2 Å². The average Bonchev–Trinajstić information content (AvgIpc) is 3.04. The van der Waals surface area contributed by atoms with Crippen molar-refractivity contribution in [2.75, 3.05) is 13.1 Å². The van der Waals surface area contributed by atoms with Crippen LogP contribution in [0.2, 0.25) is 0 Å². The molecule has 1 aliphatic rings. The molecule has 1 aromatic heterocycles. The zero-order valence-electron chi connectivity index (χ0n) is 13.2. The molecule has 7 heteroatoms. The van der Waals surface area contributed by atoms with Crippen LogP contribution in [0.5, 0.6) is 0 Å². The molecule has 3 rings (SSSR count). The van der Waals surface area contributed by atoms with Crippen molar-refractivity contribution in [1.29, 1.82) is 0 Å². The molecule has 0 radical (unpaired) electrons. The van der Waals surface area contributed by atoms with E-state index in [-0.39, 0.29) is 18.4 Å². The van der Waals surface area contributed by atoms with Crippen LogP contribution in [0.15, 0.2) is 41.1 Å². The van der Waals surface area contributed by atoms with Gasteiger partial charge in [-0.2, -0.15) is 5.10 Å². The standard InChI is InChI=1S/C17H18BrN3O3/c1-11-6-12(17(23)24)9-20(8-11)16(22)13-7-19-21(10-13)15-4-2-14(18)3-5-15/h2-5,7,10-12H,6,8-9H2,1H3,(H,23,24). The van der Waals surface area contributed by atoms with Gasteiger partial charge in [0, 0.05) is 23.8 Å². The quantitative estimate of drug-likeness (QED) is 0.872. The van der Waals surface area contributed by atoms with Crippen LogP contribution < -0.4 is 0 Å². The van der Waals surface area contributed by atoms with Crippen molar-refractivity contribution in [3.05, 3.63) is 46.7 Å². The minimum absolute atomic E-state index is 0.170. The molecule has 0 bridgehead atoms. The number of amides is 1. The van der Waals surface area contributed by atoms with Crippen molar-refractivity contribution in [2.45, 2.75) is 13.3 Å². The molecule has 2 atom stereocenters. The van der Waals surface area contributed by atoms with Gasteiger partial charge in [0.15, 0.2) is 0 Å². The maximum atomic E-state index is 12.7. The largest absolute Gasteiger partial charge is 0.481 e. The van der Waals surface area contributed by atoms with E-state index in [9.17, 15) is 14.7 Å². The van der Waals surface area contributed by atoms with Crippen molar-refractivity contribution >= 4 is 27.8 Å². The molecule has 2 aromatic rings. The Morgan fingerprint density at radius 2 is 1.96 bits per heavy atom. The summed E-state index contributed by atoms with van der Waals surface area (Å²) in [5.41, 5.74) is 1.32. The van der Waals surface area contributed by atoms with Gasteiger partial charge in [-0.3, -0.25) is 9.59 Å². The Morgan fingerprint density at radius 1 is 1.25 bits per heavy atom. The lowest BCUT2D eigenvalue weighted by atomic mass is 9.90. The van der Waals surface area contributed by atoms with Gasteiger partial charge in [-0.15, -0.1) is 0 Å². The fraction of sp³-hybridized carbons (Fsp3) is 0.353. The zero-order chi connectivity index (χ0) is 17.3. The number of likely N-dealkylation sites (tertiary alicyclic amines) is 1. The van der Waals surface area contributed by atoms with E-state index in [1.54, 1.807) is 15.8 Å². The first-order valence-electron chi connectivity index (χ1n) is 7.76. The van der Waals surface area contributed by atoms with Gasteiger partial charge in [-0.05, 0) is 36.6 Å². The summed E-state index contributed by atoms with van der Waals surface area (Å²) in [6.45, 7) is 2.80. The van der Waals surface area contributed by atoms with Crippen molar-refractivity contribution in [3.63, 3.8) is 0 Å². The number of carbonyl (C=O) groups is 2. The third-order valence-corrected chi connectivity index (χ3v) is 4.75. The van der Waals surface area contributed by atoms with E-state index in [4.69, 9.17) is 0 Å². The molecule has 126 valence electrons. The van der Waals surface area contributed by atoms with Crippen LogP contribution in [0.4, 0.5) is 0 Å². The summed E-state index contributed by atoms with van der Waals surface area (Å²) in [6, 6.07) is 7.61. The topological polar surface area (TPSA) is 75.4 Å². The zero-order valence-corrected chi connectivity index (χ0v) is 14.8. The number of piperidine rings is 1. The first-order valence-corrected chi connectivity index (χ1v) is 8.56. The van der Waals surface area contributed by atoms with E-state index in [2.05, 4.69) is 21.0 Å². The Labute approximate surface area is 148 Å². The predicted molar refractivity (Wildman–Crippen MR) is 92.1 cm³/mol. The molecule has 0 aliphatic carbocycles. The second-order valence-corrected chi connectivity index (χ2v) is 7.15. The van der Waals surface area contributed by atoms with Crippen LogP contribution in [0, 0.1) is 11.8 Å².